The zero-order valence-corrected chi connectivity index (χ0v) is 23.8. The van der Waals surface area contributed by atoms with Crippen molar-refractivity contribution in [1.82, 2.24) is 0 Å². The monoisotopic (exact) mass is 656 g/mol. The van der Waals surface area contributed by atoms with E-state index in [2.05, 4.69) is 0 Å². The first-order chi connectivity index (χ1) is 21.8. The lowest BCUT2D eigenvalue weighted by molar-refractivity contribution is -0.352. The van der Waals surface area contributed by atoms with Gasteiger partial charge in [-0.2, -0.15) is 0 Å². The number of aromatic hydroxyl groups is 4. The molecule has 0 spiro atoms. The van der Waals surface area contributed by atoms with E-state index in [9.17, 15) is 61.0 Å². The highest BCUT2D eigenvalue weighted by Gasteiger charge is 2.51. The van der Waals surface area contributed by atoms with Gasteiger partial charge in [-0.3, -0.25) is 4.79 Å². The lowest BCUT2D eigenvalue weighted by atomic mass is 9.97. The van der Waals surface area contributed by atoms with Gasteiger partial charge >= 0.3 is 0 Å². The Morgan fingerprint density at radius 1 is 0.717 bits per heavy atom. The van der Waals surface area contributed by atoms with Crippen LogP contribution in [0, 0.1) is 0 Å². The first-order valence-electron chi connectivity index (χ1n) is 13.7. The van der Waals surface area contributed by atoms with Crippen LogP contribution >= 0.6 is 0 Å². The normalized spacial score (nSPS) is 31.6. The molecule has 2 aliphatic heterocycles. The van der Waals surface area contributed by atoms with Crippen LogP contribution in [-0.2, 0) is 14.2 Å². The molecular weight excluding hydrogens is 624 g/mol. The standard InChI is InChI=1S/C28H32O18/c1-41-24-11(33)2-8(3-12(24)34)23-26(18(36)16-10(32)4-9(31)5-13(16)42-23)46-28-22(40)20(38)25(15(7-30)44-28)45-27-21(39)19(37)17(35)14(6-29)43-27/h2-5,14-15,17,19-22,25,27-35,37-40H,6-7H2,1H3/t14-,15-,17-,19+,20-,21-,22-,25-,27-,28-/m1/s1. The summed E-state index contributed by atoms with van der Waals surface area (Å²) in [5.41, 5.74) is -1.64. The maximum Gasteiger partial charge on any atom is 0.239 e. The number of phenolic OH excluding ortho intramolecular Hbond substituents is 4. The van der Waals surface area contributed by atoms with Crippen LogP contribution in [0.4, 0.5) is 0 Å². The molecule has 0 amide bonds. The van der Waals surface area contributed by atoms with Crippen molar-refractivity contribution in [3.8, 4) is 45.8 Å². The first-order valence-corrected chi connectivity index (χ1v) is 13.7. The van der Waals surface area contributed by atoms with Crippen LogP contribution in [0.25, 0.3) is 22.3 Å². The lowest BCUT2D eigenvalue weighted by Crippen LogP contribution is -2.65. The SMILES string of the molecule is COc1c(O)cc(-c2oc3cc(O)cc(O)c3c(=O)c2O[C@H]2O[C@H](CO)[C@@H](O[C@H]3O[C@H](CO)[C@@H](O)[C@H](O)[C@H]3O)[C@H](O)[C@H]2O)cc1O. The third-order valence-corrected chi connectivity index (χ3v) is 7.63. The molecule has 3 aromatic rings. The van der Waals surface area contributed by atoms with Crippen molar-refractivity contribution in [1.29, 1.82) is 0 Å². The summed E-state index contributed by atoms with van der Waals surface area (Å²) >= 11 is 0. The Labute approximate surface area is 257 Å². The summed E-state index contributed by atoms with van der Waals surface area (Å²) in [4.78, 5) is 13.7. The highest BCUT2D eigenvalue weighted by Crippen LogP contribution is 2.43. The van der Waals surface area contributed by atoms with Crippen molar-refractivity contribution in [2.45, 2.75) is 61.4 Å². The summed E-state index contributed by atoms with van der Waals surface area (Å²) < 4.78 is 32.7. The Hall–Kier alpha value is -3.95. The van der Waals surface area contributed by atoms with E-state index in [4.69, 9.17) is 28.1 Å². The summed E-state index contributed by atoms with van der Waals surface area (Å²) in [6.07, 6.45) is -17.9. The number of hydrogen-bond acceptors (Lipinski definition) is 18. The van der Waals surface area contributed by atoms with E-state index < -0.39 is 120 Å². The molecule has 0 bridgehead atoms. The molecule has 3 heterocycles. The molecule has 46 heavy (non-hydrogen) atoms. The number of phenols is 4. The molecule has 2 aromatic carbocycles. The van der Waals surface area contributed by atoms with E-state index in [0.717, 1.165) is 24.3 Å². The van der Waals surface area contributed by atoms with Gasteiger partial charge in [0.05, 0.1) is 20.3 Å². The number of fused-ring (bicyclic) bond motifs is 1. The summed E-state index contributed by atoms with van der Waals surface area (Å²) in [6.45, 7) is -1.70. The van der Waals surface area contributed by atoms with E-state index >= 15 is 0 Å². The van der Waals surface area contributed by atoms with Gasteiger partial charge in [-0.25, -0.2) is 0 Å². The van der Waals surface area contributed by atoms with Gasteiger partial charge in [0, 0.05) is 17.7 Å². The highest BCUT2D eigenvalue weighted by molar-refractivity contribution is 5.88. The zero-order valence-electron chi connectivity index (χ0n) is 23.8. The van der Waals surface area contributed by atoms with Crippen molar-refractivity contribution in [3.63, 3.8) is 0 Å². The largest absolute Gasteiger partial charge is 0.508 e. The molecule has 11 N–H and O–H groups in total. The fourth-order valence-electron chi connectivity index (χ4n) is 5.27. The fraction of sp³-hybridized carbons (Fsp3) is 0.464. The Kier molecular flexibility index (Phi) is 9.47. The van der Waals surface area contributed by atoms with Crippen molar-refractivity contribution in [3.05, 3.63) is 34.5 Å². The molecule has 10 atom stereocenters. The third-order valence-electron chi connectivity index (χ3n) is 7.63. The topological polar surface area (TPSA) is 299 Å². The minimum atomic E-state index is -2.08. The van der Waals surface area contributed by atoms with Crippen LogP contribution in [0.3, 0.4) is 0 Å². The van der Waals surface area contributed by atoms with Gasteiger partial charge in [0.25, 0.3) is 0 Å². The number of rotatable bonds is 8. The van der Waals surface area contributed by atoms with Crippen LogP contribution in [-0.4, -0.2) is 138 Å². The molecule has 2 saturated heterocycles. The summed E-state index contributed by atoms with van der Waals surface area (Å²) in [5.74, 6) is -4.02. The van der Waals surface area contributed by atoms with Gasteiger partial charge < -0.3 is 84.3 Å². The smallest absolute Gasteiger partial charge is 0.239 e. The Balaban J connectivity index is 1.52. The molecule has 0 aliphatic carbocycles. The number of benzene rings is 2. The molecule has 0 saturated carbocycles. The molecule has 5 rings (SSSR count). The van der Waals surface area contributed by atoms with Gasteiger partial charge in [0.2, 0.25) is 23.2 Å². The molecule has 2 aliphatic rings. The van der Waals surface area contributed by atoms with E-state index in [0.29, 0.717) is 0 Å². The quantitative estimate of drug-likeness (QED) is 0.117. The number of methoxy groups -OCH3 is 1. The summed E-state index contributed by atoms with van der Waals surface area (Å²) in [6, 6.07) is 3.87. The first kappa shape index (κ1) is 33.4. The summed E-state index contributed by atoms with van der Waals surface area (Å²) in [7, 11) is 1.17. The highest BCUT2D eigenvalue weighted by atomic mass is 16.7. The Morgan fingerprint density at radius 2 is 1.33 bits per heavy atom. The van der Waals surface area contributed by atoms with E-state index in [-0.39, 0.29) is 16.9 Å². The lowest BCUT2D eigenvalue weighted by Gasteiger charge is -2.45. The van der Waals surface area contributed by atoms with Crippen molar-refractivity contribution >= 4 is 11.0 Å². The van der Waals surface area contributed by atoms with Gasteiger partial charge in [-0.05, 0) is 12.1 Å². The van der Waals surface area contributed by atoms with Gasteiger partial charge in [0.15, 0.2) is 23.5 Å². The molecule has 18 nitrogen and oxygen atoms in total. The van der Waals surface area contributed by atoms with Crippen LogP contribution in [0.2, 0.25) is 0 Å². The molecule has 0 radical (unpaired) electrons. The predicted molar refractivity (Wildman–Crippen MR) is 148 cm³/mol. The van der Waals surface area contributed by atoms with E-state index in [1.165, 1.54) is 7.11 Å². The molecule has 18 heteroatoms. The van der Waals surface area contributed by atoms with Crippen LogP contribution in [0.5, 0.6) is 34.5 Å². The molecule has 1 aromatic heterocycles. The second-order valence-electron chi connectivity index (χ2n) is 10.6. The maximum absolute atomic E-state index is 13.7. The number of ether oxygens (including phenoxy) is 5. The molecule has 2 fully saturated rings. The van der Waals surface area contributed by atoms with Crippen LogP contribution in [0.1, 0.15) is 0 Å². The Bertz CT molecular complexity index is 1600. The van der Waals surface area contributed by atoms with Crippen LogP contribution < -0.4 is 14.9 Å². The number of aliphatic hydroxyl groups is 7. The Morgan fingerprint density at radius 3 is 1.93 bits per heavy atom. The van der Waals surface area contributed by atoms with Crippen molar-refractivity contribution in [2.75, 3.05) is 20.3 Å². The molecule has 0 unspecified atom stereocenters. The van der Waals surface area contributed by atoms with Crippen molar-refractivity contribution in [2.24, 2.45) is 0 Å². The molecule has 252 valence electrons. The predicted octanol–water partition coefficient (Wildman–Crippen LogP) is -2.71. The fourth-order valence-corrected chi connectivity index (χ4v) is 5.27. The maximum atomic E-state index is 13.7. The minimum absolute atomic E-state index is 0.194. The van der Waals surface area contributed by atoms with Gasteiger partial charge in [-0.1, -0.05) is 0 Å². The number of hydrogen-bond donors (Lipinski definition) is 11. The average Bonchev–Trinajstić information content (AvgIpc) is 3.01. The number of aliphatic hydroxyl groups excluding tert-OH is 7. The second-order valence-corrected chi connectivity index (χ2v) is 10.6. The zero-order chi connectivity index (χ0) is 33.6. The minimum Gasteiger partial charge on any atom is -0.508 e. The second kappa shape index (κ2) is 13.0. The van der Waals surface area contributed by atoms with Crippen LogP contribution in [0.15, 0.2) is 33.5 Å². The average molecular weight is 657 g/mol. The molecular formula is C28H32O18. The van der Waals surface area contributed by atoms with Gasteiger partial charge in [0.1, 0.15) is 71.3 Å². The van der Waals surface area contributed by atoms with Crippen molar-refractivity contribution < 1.29 is 84.3 Å². The van der Waals surface area contributed by atoms with E-state index in [1.807, 2.05) is 0 Å². The van der Waals surface area contributed by atoms with Gasteiger partial charge in [-0.15, -0.1) is 0 Å². The third kappa shape index (κ3) is 5.86. The van der Waals surface area contributed by atoms with E-state index in [1.54, 1.807) is 0 Å². The summed E-state index contributed by atoms with van der Waals surface area (Å²) in [5, 5.41) is 112.